The monoisotopic (exact) mass is 223 g/mol. The van der Waals surface area contributed by atoms with Crippen LogP contribution in [0.25, 0.3) is 0 Å². The summed E-state index contributed by atoms with van der Waals surface area (Å²) in [4.78, 5) is 6.40. The SMILES string of the molecule is COCCN(C)CCNc1ccnc(C)c1. The standard InChI is InChI=1S/C12H21N3O/c1-11-10-12(4-5-13-11)14-6-7-15(2)8-9-16-3/h4-5,10H,6-9H2,1-3H3,(H,13,14). The number of ether oxygens (including phenoxy) is 1. The Bertz CT molecular complexity index is 304. The van der Waals surface area contributed by atoms with E-state index in [1.807, 2.05) is 19.2 Å². The lowest BCUT2D eigenvalue weighted by atomic mass is 10.3. The lowest BCUT2D eigenvalue weighted by Gasteiger charge is -2.16. The van der Waals surface area contributed by atoms with Crippen LogP contribution in [0, 0.1) is 6.92 Å². The third-order valence-electron chi connectivity index (χ3n) is 2.40. The van der Waals surface area contributed by atoms with Crippen LogP contribution in [-0.2, 0) is 4.74 Å². The minimum Gasteiger partial charge on any atom is -0.384 e. The number of hydrogen-bond acceptors (Lipinski definition) is 4. The van der Waals surface area contributed by atoms with Crippen molar-refractivity contribution in [2.75, 3.05) is 45.7 Å². The highest BCUT2D eigenvalue weighted by atomic mass is 16.5. The molecule has 0 amide bonds. The Hall–Kier alpha value is -1.13. The van der Waals surface area contributed by atoms with Crippen molar-refractivity contribution in [3.8, 4) is 0 Å². The molecule has 0 saturated carbocycles. The Kier molecular flexibility index (Phi) is 5.82. The molecule has 1 N–H and O–H groups in total. The Morgan fingerprint density at radius 3 is 2.94 bits per heavy atom. The third kappa shape index (κ3) is 5.09. The van der Waals surface area contributed by atoms with Crippen LogP contribution in [0.2, 0.25) is 0 Å². The maximum atomic E-state index is 5.02. The van der Waals surface area contributed by atoms with Gasteiger partial charge in [-0.1, -0.05) is 0 Å². The van der Waals surface area contributed by atoms with Crippen LogP contribution < -0.4 is 5.32 Å². The first-order chi connectivity index (χ1) is 7.72. The molecule has 0 bridgehead atoms. The van der Waals surface area contributed by atoms with Gasteiger partial charge in [0.25, 0.3) is 0 Å². The van der Waals surface area contributed by atoms with Gasteiger partial charge in [-0.3, -0.25) is 4.98 Å². The first-order valence-electron chi connectivity index (χ1n) is 5.56. The van der Waals surface area contributed by atoms with E-state index in [2.05, 4.69) is 28.3 Å². The van der Waals surface area contributed by atoms with Gasteiger partial charge in [0.15, 0.2) is 0 Å². The van der Waals surface area contributed by atoms with Gasteiger partial charge in [0.2, 0.25) is 0 Å². The molecule has 4 nitrogen and oxygen atoms in total. The summed E-state index contributed by atoms with van der Waals surface area (Å²) in [6, 6.07) is 4.04. The Balaban J connectivity index is 2.20. The van der Waals surface area contributed by atoms with Gasteiger partial charge in [0, 0.05) is 44.3 Å². The molecule has 0 spiro atoms. The summed E-state index contributed by atoms with van der Waals surface area (Å²) < 4.78 is 5.02. The van der Waals surface area contributed by atoms with Crippen LogP contribution in [0.5, 0.6) is 0 Å². The van der Waals surface area contributed by atoms with E-state index in [1.54, 1.807) is 7.11 Å². The second kappa shape index (κ2) is 7.19. The lowest BCUT2D eigenvalue weighted by molar-refractivity contribution is 0.163. The smallest absolute Gasteiger partial charge is 0.0589 e. The molecule has 0 fully saturated rings. The maximum absolute atomic E-state index is 5.02. The van der Waals surface area contributed by atoms with Crippen molar-refractivity contribution in [1.82, 2.24) is 9.88 Å². The van der Waals surface area contributed by atoms with Crippen LogP contribution in [0.3, 0.4) is 0 Å². The zero-order chi connectivity index (χ0) is 11.8. The van der Waals surface area contributed by atoms with Crippen molar-refractivity contribution >= 4 is 5.69 Å². The van der Waals surface area contributed by atoms with Crippen molar-refractivity contribution in [3.63, 3.8) is 0 Å². The van der Waals surface area contributed by atoms with Gasteiger partial charge in [0.1, 0.15) is 0 Å². The number of hydrogen-bond donors (Lipinski definition) is 1. The molecular formula is C12H21N3O. The van der Waals surface area contributed by atoms with Gasteiger partial charge in [-0.15, -0.1) is 0 Å². The van der Waals surface area contributed by atoms with Crippen LogP contribution in [0.1, 0.15) is 5.69 Å². The summed E-state index contributed by atoms with van der Waals surface area (Å²) in [7, 11) is 3.82. The molecule has 90 valence electrons. The molecule has 0 radical (unpaired) electrons. The predicted octanol–water partition coefficient (Wildman–Crippen LogP) is 1.38. The second-order valence-electron chi connectivity index (χ2n) is 3.91. The van der Waals surface area contributed by atoms with Gasteiger partial charge < -0.3 is 15.0 Å². The number of nitrogens with zero attached hydrogens (tertiary/aromatic N) is 2. The summed E-state index contributed by atoms with van der Waals surface area (Å²) in [5, 5.41) is 3.37. The first-order valence-corrected chi connectivity index (χ1v) is 5.56. The van der Waals surface area contributed by atoms with E-state index in [0.29, 0.717) is 0 Å². The van der Waals surface area contributed by atoms with Crippen LogP contribution in [0.15, 0.2) is 18.3 Å². The van der Waals surface area contributed by atoms with Gasteiger partial charge in [0.05, 0.1) is 6.61 Å². The van der Waals surface area contributed by atoms with Crippen molar-refractivity contribution < 1.29 is 4.74 Å². The summed E-state index contributed by atoms with van der Waals surface area (Å²) >= 11 is 0. The predicted molar refractivity (Wildman–Crippen MR) is 66.8 cm³/mol. The highest BCUT2D eigenvalue weighted by Gasteiger charge is 1.97. The van der Waals surface area contributed by atoms with Crippen LogP contribution in [0.4, 0.5) is 5.69 Å². The number of rotatable bonds is 7. The molecule has 1 rings (SSSR count). The fourth-order valence-corrected chi connectivity index (χ4v) is 1.41. The number of pyridine rings is 1. The second-order valence-corrected chi connectivity index (χ2v) is 3.91. The van der Waals surface area contributed by atoms with Gasteiger partial charge >= 0.3 is 0 Å². The van der Waals surface area contributed by atoms with E-state index in [-0.39, 0.29) is 0 Å². The van der Waals surface area contributed by atoms with E-state index in [9.17, 15) is 0 Å². The van der Waals surface area contributed by atoms with Crippen molar-refractivity contribution in [3.05, 3.63) is 24.0 Å². The number of likely N-dealkylation sites (N-methyl/N-ethyl adjacent to an activating group) is 1. The first kappa shape index (κ1) is 12.9. The summed E-state index contributed by atoms with van der Waals surface area (Å²) in [6.45, 7) is 5.68. The minimum absolute atomic E-state index is 0.783. The Labute approximate surface area is 97.6 Å². The summed E-state index contributed by atoms with van der Waals surface area (Å²) in [5.41, 5.74) is 2.17. The highest BCUT2D eigenvalue weighted by Crippen LogP contribution is 2.05. The van der Waals surface area contributed by atoms with Crippen molar-refractivity contribution in [2.24, 2.45) is 0 Å². The molecule has 0 aliphatic carbocycles. The van der Waals surface area contributed by atoms with E-state index >= 15 is 0 Å². The number of nitrogens with one attached hydrogen (secondary N) is 1. The topological polar surface area (TPSA) is 37.4 Å². The largest absolute Gasteiger partial charge is 0.384 e. The lowest BCUT2D eigenvalue weighted by Crippen LogP contribution is -2.28. The van der Waals surface area contributed by atoms with Gasteiger partial charge in [-0.2, -0.15) is 0 Å². The molecular weight excluding hydrogens is 202 g/mol. The van der Waals surface area contributed by atoms with E-state index in [4.69, 9.17) is 4.74 Å². The van der Waals surface area contributed by atoms with Crippen LogP contribution >= 0.6 is 0 Å². The zero-order valence-corrected chi connectivity index (χ0v) is 10.4. The molecule has 4 heteroatoms. The van der Waals surface area contributed by atoms with E-state index < -0.39 is 0 Å². The molecule has 1 aromatic heterocycles. The average molecular weight is 223 g/mol. The fourth-order valence-electron chi connectivity index (χ4n) is 1.41. The molecule has 0 unspecified atom stereocenters. The average Bonchev–Trinajstić information content (AvgIpc) is 2.26. The normalized spacial score (nSPS) is 10.8. The molecule has 0 aromatic carbocycles. The molecule has 0 atom stereocenters. The molecule has 1 heterocycles. The van der Waals surface area contributed by atoms with E-state index in [1.165, 1.54) is 0 Å². The quantitative estimate of drug-likeness (QED) is 0.758. The molecule has 0 aliphatic heterocycles. The third-order valence-corrected chi connectivity index (χ3v) is 2.40. The maximum Gasteiger partial charge on any atom is 0.0589 e. The minimum atomic E-state index is 0.783. The number of methoxy groups -OCH3 is 1. The number of aromatic nitrogens is 1. The molecule has 1 aromatic rings. The summed E-state index contributed by atoms with van der Waals surface area (Å²) in [5.74, 6) is 0. The highest BCUT2D eigenvalue weighted by molar-refractivity contribution is 5.42. The zero-order valence-electron chi connectivity index (χ0n) is 10.4. The molecule has 16 heavy (non-hydrogen) atoms. The molecule has 0 saturated heterocycles. The van der Waals surface area contributed by atoms with Gasteiger partial charge in [-0.25, -0.2) is 0 Å². The van der Waals surface area contributed by atoms with Gasteiger partial charge in [-0.05, 0) is 26.1 Å². The summed E-state index contributed by atoms with van der Waals surface area (Å²) in [6.07, 6.45) is 1.83. The fraction of sp³-hybridized carbons (Fsp3) is 0.583. The van der Waals surface area contributed by atoms with E-state index in [0.717, 1.165) is 37.6 Å². The Morgan fingerprint density at radius 2 is 2.25 bits per heavy atom. The number of aryl methyl sites for hydroxylation is 1. The Morgan fingerprint density at radius 1 is 1.44 bits per heavy atom. The molecule has 0 aliphatic rings. The van der Waals surface area contributed by atoms with Crippen LogP contribution in [-0.4, -0.2) is 50.3 Å². The van der Waals surface area contributed by atoms with Crippen molar-refractivity contribution in [1.29, 1.82) is 0 Å². The number of anilines is 1. The van der Waals surface area contributed by atoms with Crippen molar-refractivity contribution in [2.45, 2.75) is 6.92 Å².